The van der Waals surface area contributed by atoms with Crippen molar-refractivity contribution in [1.29, 1.82) is 0 Å². The minimum Gasteiger partial charge on any atom is -0.385 e. The molecule has 1 aromatic carbocycles. The second-order valence-electron chi connectivity index (χ2n) is 6.15. The van der Waals surface area contributed by atoms with Gasteiger partial charge in [0.25, 0.3) is 5.56 Å². The highest BCUT2D eigenvalue weighted by molar-refractivity contribution is 7.90. The molecule has 1 heterocycles. The molecule has 0 aliphatic carbocycles. The van der Waals surface area contributed by atoms with Crippen molar-refractivity contribution in [1.82, 2.24) is 9.78 Å². The summed E-state index contributed by atoms with van der Waals surface area (Å²) in [4.78, 5) is 25.1. The van der Waals surface area contributed by atoms with Gasteiger partial charge in [-0.3, -0.25) is 19.4 Å². The van der Waals surface area contributed by atoms with E-state index < -0.39 is 21.2 Å². The first-order valence-corrected chi connectivity index (χ1v) is 10.4. The molecule has 0 fully saturated rings. The molecular formula is C17H22ClN3O5S. The molecule has 10 heteroatoms. The number of ether oxygens (including phenoxy) is 1. The summed E-state index contributed by atoms with van der Waals surface area (Å²) in [6.45, 7) is 2.49. The van der Waals surface area contributed by atoms with Gasteiger partial charge in [-0.15, -0.1) is 0 Å². The molecule has 0 bridgehead atoms. The Balaban J connectivity index is 2.55. The molecule has 2 rings (SSSR count). The number of anilines is 1. The number of aromatic amines is 1. The molecule has 0 aliphatic heterocycles. The van der Waals surface area contributed by atoms with Gasteiger partial charge in [0.15, 0.2) is 9.84 Å². The summed E-state index contributed by atoms with van der Waals surface area (Å²) < 4.78 is 30.4. The number of aryl methyl sites for hydroxylation is 2. The zero-order chi connectivity index (χ0) is 20.4. The number of nitrogens with one attached hydrogen (secondary N) is 2. The van der Waals surface area contributed by atoms with E-state index in [2.05, 4.69) is 10.4 Å². The zero-order valence-corrected chi connectivity index (χ0v) is 17.1. The van der Waals surface area contributed by atoms with E-state index in [1.54, 1.807) is 14.0 Å². The average Bonchev–Trinajstić information content (AvgIpc) is 2.83. The Labute approximate surface area is 162 Å². The van der Waals surface area contributed by atoms with Gasteiger partial charge >= 0.3 is 0 Å². The van der Waals surface area contributed by atoms with Crippen LogP contribution in [0.1, 0.15) is 28.0 Å². The summed E-state index contributed by atoms with van der Waals surface area (Å²) in [7, 11) is -0.513. The molecule has 0 spiro atoms. The van der Waals surface area contributed by atoms with E-state index in [-0.39, 0.29) is 26.7 Å². The third kappa shape index (κ3) is 4.42. The lowest BCUT2D eigenvalue weighted by Gasteiger charge is -2.15. The van der Waals surface area contributed by atoms with Crippen LogP contribution in [0.5, 0.6) is 0 Å². The van der Waals surface area contributed by atoms with Crippen LogP contribution in [0.15, 0.2) is 21.8 Å². The lowest BCUT2D eigenvalue weighted by atomic mass is 10.0. The first kappa shape index (κ1) is 21.2. The maximum Gasteiger partial charge on any atom is 0.277 e. The molecule has 2 aromatic rings. The fraction of sp³-hybridized carbons (Fsp3) is 0.412. The molecule has 0 unspecified atom stereocenters. The van der Waals surface area contributed by atoms with Gasteiger partial charge in [0.1, 0.15) is 5.56 Å². The lowest BCUT2D eigenvalue weighted by Crippen LogP contribution is -2.20. The van der Waals surface area contributed by atoms with E-state index in [1.807, 2.05) is 0 Å². The van der Waals surface area contributed by atoms with Crippen LogP contribution in [0.2, 0.25) is 5.02 Å². The van der Waals surface area contributed by atoms with Gasteiger partial charge in [0.05, 0.1) is 15.6 Å². The lowest BCUT2D eigenvalue weighted by molar-refractivity contribution is 0.103. The second-order valence-corrected chi connectivity index (χ2v) is 8.51. The number of hydrogen-bond donors (Lipinski definition) is 2. The van der Waals surface area contributed by atoms with Gasteiger partial charge in [-0.05, 0) is 25.5 Å². The van der Waals surface area contributed by atoms with Gasteiger partial charge in [-0.2, -0.15) is 0 Å². The van der Waals surface area contributed by atoms with Gasteiger partial charge in [0.2, 0.25) is 5.78 Å². The van der Waals surface area contributed by atoms with E-state index in [0.29, 0.717) is 25.3 Å². The van der Waals surface area contributed by atoms with Crippen LogP contribution in [0, 0.1) is 6.92 Å². The molecule has 0 amide bonds. The topological polar surface area (TPSA) is 110 Å². The van der Waals surface area contributed by atoms with Crippen LogP contribution in [-0.4, -0.2) is 50.5 Å². The largest absolute Gasteiger partial charge is 0.385 e. The standard InChI is InChI=1S/C17H22ClN3O5S/c1-10-13(17(23)21(2)20-10)16(22)11-6-7-12(27(4,24)25)15(14(11)18)19-8-5-9-26-3/h6-7,19-20H,5,8-9H2,1-4H3. The summed E-state index contributed by atoms with van der Waals surface area (Å²) in [5, 5.41) is 5.69. The molecular weight excluding hydrogens is 394 g/mol. The number of hydrogen-bond acceptors (Lipinski definition) is 6. The number of methoxy groups -OCH3 is 1. The normalized spacial score (nSPS) is 11.6. The number of carbonyl (C=O) groups excluding carboxylic acids is 1. The van der Waals surface area contributed by atoms with E-state index >= 15 is 0 Å². The first-order valence-electron chi connectivity index (χ1n) is 8.15. The van der Waals surface area contributed by atoms with E-state index in [1.165, 1.54) is 23.9 Å². The third-order valence-electron chi connectivity index (χ3n) is 4.03. The third-order valence-corrected chi connectivity index (χ3v) is 5.56. The molecule has 27 heavy (non-hydrogen) atoms. The first-order chi connectivity index (χ1) is 12.6. The fourth-order valence-corrected chi connectivity index (χ4v) is 3.96. The molecule has 8 nitrogen and oxygen atoms in total. The maximum absolute atomic E-state index is 12.9. The molecule has 148 valence electrons. The summed E-state index contributed by atoms with van der Waals surface area (Å²) in [6.07, 6.45) is 1.68. The van der Waals surface area contributed by atoms with Crippen molar-refractivity contribution in [3.63, 3.8) is 0 Å². The summed E-state index contributed by atoms with van der Waals surface area (Å²) in [5.74, 6) is -0.570. The number of nitrogens with zero attached hydrogens (tertiary/aromatic N) is 1. The van der Waals surface area contributed by atoms with Crippen LogP contribution in [0.4, 0.5) is 5.69 Å². The number of sulfone groups is 1. The molecule has 0 atom stereocenters. The highest BCUT2D eigenvalue weighted by Gasteiger charge is 2.25. The smallest absolute Gasteiger partial charge is 0.277 e. The van der Waals surface area contributed by atoms with Crippen molar-refractivity contribution in [3.05, 3.63) is 44.3 Å². The molecule has 0 saturated heterocycles. The van der Waals surface area contributed by atoms with E-state index in [4.69, 9.17) is 16.3 Å². The number of H-pyrrole nitrogens is 1. The Hall–Kier alpha value is -2.10. The number of ketones is 1. The Morgan fingerprint density at radius 1 is 1.37 bits per heavy atom. The summed E-state index contributed by atoms with van der Waals surface area (Å²) in [6, 6.07) is 2.65. The second kappa shape index (κ2) is 8.28. The van der Waals surface area contributed by atoms with Gasteiger partial charge in [-0.1, -0.05) is 11.6 Å². The van der Waals surface area contributed by atoms with Crippen molar-refractivity contribution in [2.75, 3.05) is 31.8 Å². The Morgan fingerprint density at radius 2 is 2.04 bits per heavy atom. The van der Waals surface area contributed by atoms with Crippen molar-refractivity contribution in [2.45, 2.75) is 18.2 Å². The Bertz CT molecular complexity index is 1020. The Morgan fingerprint density at radius 3 is 2.56 bits per heavy atom. The summed E-state index contributed by atoms with van der Waals surface area (Å²) in [5.41, 5.74) is 0.0989. The minimum atomic E-state index is -3.58. The number of aromatic nitrogens is 2. The maximum atomic E-state index is 12.9. The SMILES string of the molecule is COCCCNc1c(S(C)(=O)=O)ccc(C(=O)c2c(C)[nH]n(C)c2=O)c1Cl. The minimum absolute atomic E-state index is 0.0137. The van der Waals surface area contributed by atoms with Crippen molar-refractivity contribution >= 4 is 32.9 Å². The van der Waals surface area contributed by atoms with Crippen molar-refractivity contribution in [2.24, 2.45) is 7.05 Å². The monoisotopic (exact) mass is 415 g/mol. The predicted molar refractivity (Wildman–Crippen MR) is 104 cm³/mol. The van der Waals surface area contributed by atoms with Crippen LogP contribution < -0.4 is 10.9 Å². The van der Waals surface area contributed by atoms with Gasteiger partial charge in [-0.25, -0.2) is 8.42 Å². The van der Waals surface area contributed by atoms with Gasteiger partial charge in [0, 0.05) is 44.8 Å². The Kier molecular flexibility index (Phi) is 6.50. The van der Waals surface area contributed by atoms with Crippen LogP contribution >= 0.6 is 11.6 Å². The molecule has 0 aliphatic rings. The number of rotatable bonds is 8. The molecule has 1 aromatic heterocycles. The molecule has 0 saturated carbocycles. The van der Waals surface area contributed by atoms with E-state index in [9.17, 15) is 18.0 Å². The predicted octanol–water partition coefficient (Wildman–Crippen LogP) is 1.76. The van der Waals surface area contributed by atoms with Crippen LogP contribution in [-0.2, 0) is 21.6 Å². The number of benzene rings is 1. The highest BCUT2D eigenvalue weighted by Crippen LogP contribution is 2.34. The van der Waals surface area contributed by atoms with Gasteiger partial charge < -0.3 is 10.1 Å². The fourth-order valence-electron chi connectivity index (χ4n) is 2.73. The number of carbonyl (C=O) groups is 1. The average molecular weight is 416 g/mol. The molecule has 0 radical (unpaired) electrons. The quantitative estimate of drug-likeness (QED) is 0.502. The van der Waals surface area contributed by atoms with E-state index in [0.717, 1.165) is 6.26 Å². The summed E-state index contributed by atoms with van der Waals surface area (Å²) >= 11 is 6.39. The zero-order valence-electron chi connectivity index (χ0n) is 15.6. The van der Waals surface area contributed by atoms with Crippen LogP contribution in [0.3, 0.4) is 0 Å². The van der Waals surface area contributed by atoms with Crippen molar-refractivity contribution in [3.8, 4) is 0 Å². The highest BCUT2D eigenvalue weighted by atomic mass is 35.5. The van der Waals surface area contributed by atoms with Crippen molar-refractivity contribution < 1.29 is 17.9 Å². The van der Waals surface area contributed by atoms with Crippen LogP contribution in [0.25, 0.3) is 0 Å². The molecule has 2 N–H and O–H groups in total. The number of halogens is 1.